The molecule has 0 aliphatic carbocycles. The molecule has 3 heteroatoms. The van der Waals surface area contributed by atoms with E-state index in [-0.39, 0.29) is 11.9 Å². The number of hydrogen-bond donors (Lipinski definition) is 1. The Bertz CT molecular complexity index is 313. The smallest absolute Gasteiger partial charge is 0.123 e. The van der Waals surface area contributed by atoms with Crippen molar-refractivity contribution in [2.45, 2.75) is 26.3 Å². The number of amidine groups is 1. The van der Waals surface area contributed by atoms with Gasteiger partial charge in [-0.05, 0) is 38.0 Å². The van der Waals surface area contributed by atoms with Crippen molar-refractivity contribution in [2.75, 3.05) is 0 Å². The summed E-state index contributed by atoms with van der Waals surface area (Å²) in [5.74, 6) is 0.375. The topological polar surface area (TPSA) is 38.4 Å². The minimum Gasteiger partial charge on any atom is -0.388 e. The van der Waals surface area contributed by atoms with Crippen LogP contribution in [0.25, 0.3) is 0 Å². The maximum atomic E-state index is 12.6. The van der Waals surface area contributed by atoms with Gasteiger partial charge in [0.1, 0.15) is 5.82 Å². The summed E-state index contributed by atoms with van der Waals surface area (Å²) in [5.41, 5.74) is 6.53. The van der Waals surface area contributed by atoms with Gasteiger partial charge in [0.15, 0.2) is 0 Å². The van der Waals surface area contributed by atoms with Crippen LogP contribution < -0.4 is 5.73 Å². The predicted octanol–water partition coefficient (Wildman–Crippen LogP) is 2.13. The van der Waals surface area contributed by atoms with Gasteiger partial charge in [-0.1, -0.05) is 12.1 Å². The van der Waals surface area contributed by atoms with Crippen LogP contribution in [0.4, 0.5) is 4.39 Å². The Morgan fingerprint density at radius 1 is 1.43 bits per heavy atom. The SMILES string of the molecule is CC(N)=NC(C)Cc1ccc(F)cc1. The first-order valence-electron chi connectivity index (χ1n) is 4.62. The van der Waals surface area contributed by atoms with Gasteiger partial charge in [0.05, 0.1) is 11.9 Å². The summed E-state index contributed by atoms with van der Waals surface area (Å²) in [6.45, 7) is 3.75. The van der Waals surface area contributed by atoms with Gasteiger partial charge >= 0.3 is 0 Å². The Balaban J connectivity index is 2.61. The molecule has 0 amide bonds. The number of halogens is 1. The number of rotatable bonds is 3. The Hall–Kier alpha value is -1.38. The molecule has 14 heavy (non-hydrogen) atoms. The molecule has 0 aliphatic heterocycles. The molecule has 1 atom stereocenters. The second kappa shape index (κ2) is 4.74. The van der Waals surface area contributed by atoms with Crippen molar-refractivity contribution < 1.29 is 4.39 Å². The lowest BCUT2D eigenvalue weighted by Crippen LogP contribution is -2.12. The Morgan fingerprint density at radius 3 is 2.50 bits per heavy atom. The molecule has 0 heterocycles. The molecule has 0 fully saturated rings. The van der Waals surface area contributed by atoms with Gasteiger partial charge in [-0.15, -0.1) is 0 Å². The monoisotopic (exact) mass is 194 g/mol. The van der Waals surface area contributed by atoms with Crippen molar-refractivity contribution >= 4 is 5.84 Å². The average molecular weight is 194 g/mol. The lowest BCUT2D eigenvalue weighted by atomic mass is 10.1. The number of benzene rings is 1. The van der Waals surface area contributed by atoms with Gasteiger partial charge in [-0.3, -0.25) is 4.99 Å². The molecule has 0 saturated carbocycles. The van der Waals surface area contributed by atoms with Gasteiger partial charge in [-0.2, -0.15) is 0 Å². The molecule has 1 aromatic rings. The van der Waals surface area contributed by atoms with E-state index in [1.807, 2.05) is 6.92 Å². The van der Waals surface area contributed by atoms with Crippen molar-refractivity contribution in [2.24, 2.45) is 10.7 Å². The minimum atomic E-state index is -0.208. The Kier molecular flexibility index (Phi) is 3.63. The van der Waals surface area contributed by atoms with Crippen LogP contribution in [0.2, 0.25) is 0 Å². The number of nitrogens with zero attached hydrogens (tertiary/aromatic N) is 1. The molecule has 0 aliphatic rings. The van der Waals surface area contributed by atoms with Crippen LogP contribution in [0.1, 0.15) is 19.4 Å². The summed E-state index contributed by atoms with van der Waals surface area (Å²) in [5, 5.41) is 0. The highest BCUT2D eigenvalue weighted by molar-refractivity contribution is 5.77. The second-order valence-corrected chi connectivity index (χ2v) is 3.45. The quantitative estimate of drug-likeness (QED) is 0.581. The average Bonchev–Trinajstić information content (AvgIpc) is 2.07. The third-order valence-corrected chi connectivity index (χ3v) is 1.87. The van der Waals surface area contributed by atoms with E-state index in [0.29, 0.717) is 5.84 Å². The van der Waals surface area contributed by atoms with Crippen molar-refractivity contribution in [3.8, 4) is 0 Å². The summed E-state index contributed by atoms with van der Waals surface area (Å²) < 4.78 is 12.6. The molecular formula is C11H15FN2. The van der Waals surface area contributed by atoms with E-state index in [4.69, 9.17) is 5.73 Å². The van der Waals surface area contributed by atoms with Crippen LogP contribution in [-0.4, -0.2) is 11.9 Å². The molecule has 0 spiro atoms. The molecule has 1 rings (SSSR count). The van der Waals surface area contributed by atoms with Gasteiger partial charge in [0.2, 0.25) is 0 Å². The zero-order chi connectivity index (χ0) is 10.6. The first-order valence-corrected chi connectivity index (χ1v) is 4.62. The summed E-state index contributed by atoms with van der Waals surface area (Å²) in [6.07, 6.45) is 0.787. The summed E-state index contributed by atoms with van der Waals surface area (Å²) in [6, 6.07) is 6.60. The highest BCUT2D eigenvalue weighted by atomic mass is 19.1. The first-order chi connectivity index (χ1) is 6.58. The molecule has 0 bridgehead atoms. The minimum absolute atomic E-state index is 0.144. The maximum Gasteiger partial charge on any atom is 0.123 e. The van der Waals surface area contributed by atoms with Gasteiger partial charge in [0.25, 0.3) is 0 Å². The molecule has 2 nitrogen and oxygen atoms in total. The molecule has 76 valence electrons. The summed E-state index contributed by atoms with van der Waals surface area (Å²) >= 11 is 0. The van der Waals surface area contributed by atoms with E-state index in [0.717, 1.165) is 12.0 Å². The molecule has 1 unspecified atom stereocenters. The van der Waals surface area contributed by atoms with Crippen molar-refractivity contribution in [1.29, 1.82) is 0 Å². The molecule has 1 aromatic carbocycles. The third-order valence-electron chi connectivity index (χ3n) is 1.87. The van der Waals surface area contributed by atoms with Crippen molar-refractivity contribution in [1.82, 2.24) is 0 Å². The highest BCUT2D eigenvalue weighted by Gasteiger charge is 2.01. The van der Waals surface area contributed by atoms with Crippen LogP contribution in [0.15, 0.2) is 29.3 Å². The normalized spacial score (nSPS) is 14.1. The van der Waals surface area contributed by atoms with E-state index in [1.165, 1.54) is 12.1 Å². The van der Waals surface area contributed by atoms with Crippen LogP contribution >= 0.6 is 0 Å². The molecule has 2 N–H and O–H groups in total. The van der Waals surface area contributed by atoms with Crippen molar-refractivity contribution in [3.05, 3.63) is 35.6 Å². The van der Waals surface area contributed by atoms with Crippen LogP contribution in [0.3, 0.4) is 0 Å². The fraction of sp³-hybridized carbons (Fsp3) is 0.364. The van der Waals surface area contributed by atoms with Crippen LogP contribution in [0.5, 0.6) is 0 Å². The van der Waals surface area contributed by atoms with Gasteiger partial charge < -0.3 is 5.73 Å². The summed E-state index contributed by atoms with van der Waals surface area (Å²) in [7, 11) is 0. The van der Waals surface area contributed by atoms with Crippen molar-refractivity contribution in [3.63, 3.8) is 0 Å². The van der Waals surface area contributed by atoms with Gasteiger partial charge in [-0.25, -0.2) is 4.39 Å². The highest BCUT2D eigenvalue weighted by Crippen LogP contribution is 2.07. The maximum absolute atomic E-state index is 12.6. The van der Waals surface area contributed by atoms with Crippen LogP contribution in [0, 0.1) is 5.82 Å². The standard InChI is InChI=1S/C11H15FN2/c1-8(14-9(2)13)7-10-3-5-11(12)6-4-10/h3-6,8H,7H2,1-2H3,(H2,13,14). The zero-order valence-electron chi connectivity index (χ0n) is 8.50. The van der Waals surface area contributed by atoms with E-state index in [9.17, 15) is 4.39 Å². The lowest BCUT2D eigenvalue weighted by molar-refractivity contribution is 0.626. The molecule has 0 radical (unpaired) electrons. The molecular weight excluding hydrogens is 179 g/mol. The Morgan fingerprint density at radius 2 is 2.00 bits per heavy atom. The number of nitrogens with two attached hydrogens (primary N) is 1. The fourth-order valence-electron chi connectivity index (χ4n) is 1.35. The summed E-state index contributed by atoms with van der Waals surface area (Å²) in [4.78, 5) is 4.20. The largest absolute Gasteiger partial charge is 0.388 e. The van der Waals surface area contributed by atoms with E-state index < -0.39 is 0 Å². The zero-order valence-corrected chi connectivity index (χ0v) is 8.50. The molecule has 0 aromatic heterocycles. The fourth-order valence-corrected chi connectivity index (χ4v) is 1.35. The van der Waals surface area contributed by atoms with Gasteiger partial charge in [0, 0.05) is 0 Å². The lowest BCUT2D eigenvalue weighted by Gasteiger charge is -2.06. The molecule has 0 saturated heterocycles. The second-order valence-electron chi connectivity index (χ2n) is 3.45. The van der Waals surface area contributed by atoms with E-state index in [1.54, 1.807) is 19.1 Å². The van der Waals surface area contributed by atoms with E-state index in [2.05, 4.69) is 4.99 Å². The number of hydrogen-bond acceptors (Lipinski definition) is 1. The van der Waals surface area contributed by atoms with E-state index >= 15 is 0 Å². The van der Waals surface area contributed by atoms with Crippen LogP contribution in [-0.2, 0) is 6.42 Å². The number of aliphatic imine (C=N–C) groups is 1. The Labute approximate surface area is 83.7 Å². The third kappa shape index (κ3) is 3.56. The first kappa shape index (κ1) is 10.7. The predicted molar refractivity (Wildman–Crippen MR) is 56.9 cm³/mol.